The van der Waals surface area contributed by atoms with Gasteiger partial charge < -0.3 is 4.74 Å². The molecule has 6 heteroatoms. The van der Waals surface area contributed by atoms with Gasteiger partial charge in [0, 0.05) is 0 Å². The summed E-state index contributed by atoms with van der Waals surface area (Å²) >= 11 is 7.46. The van der Waals surface area contributed by atoms with Gasteiger partial charge in [0.05, 0.1) is 9.72 Å². The van der Waals surface area contributed by atoms with Gasteiger partial charge >= 0.3 is 0 Å². The van der Waals surface area contributed by atoms with Crippen LogP contribution < -0.4 is 10.1 Å². The number of halogens is 1. The predicted molar refractivity (Wildman–Crippen MR) is 94.6 cm³/mol. The average molecular weight is 347 g/mol. The normalized spacial score (nSPS) is 10.7. The van der Waals surface area contributed by atoms with Crippen LogP contribution in [0.3, 0.4) is 0 Å². The second kappa shape index (κ2) is 6.98. The highest BCUT2D eigenvalue weighted by Gasteiger charge is 2.10. The summed E-state index contributed by atoms with van der Waals surface area (Å²) in [6.07, 6.45) is 0.973. The van der Waals surface area contributed by atoms with Gasteiger partial charge in [0.1, 0.15) is 11.3 Å². The molecule has 3 aromatic rings. The van der Waals surface area contributed by atoms with E-state index in [4.69, 9.17) is 16.3 Å². The quantitative estimate of drug-likeness (QED) is 0.738. The largest absolute Gasteiger partial charge is 0.484 e. The number of para-hydroxylation sites is 1. The lowest BCUT2D eigenvalue weighted by molar-refractivity contribution is -0.118. The number of nitrogens with zero attached hydrogens (tertiary/aromatic N) is 1. The van der Waals surface area contributed by atoms with Gasteiger partial charge in [-0.15, -0.1) is 0 Å². The van der Waals surface area contributed by atoms with Crippen molar-refractivity contribution in [1.82, 2.24) is 4.98 Å². The lowest BCUT2D eigenvalue weighted by atomic mass is 10.2. The summed E-state index contributed by atoms with van der Waals surface area (Å²) in [5, 5.41) is 3.83. The molecule has 0 spiro atoms. The van der Waals surface area contributed by atoms with E-state index in [1.54, 1.807) is 6.07 Å². The number of carbonyl (C=O) groups excluding carboxylic acids is 1. The molecule has 0 aliphatic rings. The van der Waals surface area contributed by atoms with E-state index in [9.17, 15) is 4.79 Å². The van der Waals surface area contributed by atoms with Crippen molar-refractivity contribution in [3.63, 3.8) is 0 Å². The molecule has 0 atom stereocenters. The highest BCUT2D eigenvalue weighted by Crippen LogP contribution is 2.30. The number of hydrogen-bond acceptors (Lipinski definition) is 4. The standard InChI is InChI=1S/C17H15ClN2O2S/c1-2-11-6-8-12(9-7-11)22-10-15(21)19-17-20-16-13(18)4-3-5-14(16)23-17/h3-9H,2,10H2,1H3,(H,19,20,21). The first-order chi connectivity index (χ1) is 11.2. The van der Waals surface area contributed by atoms with Gasteiger partial charge in [-0.1, -0.05) is 48.1 Å². The molecule has 0 saturated heterocycles. The fraction of sp³-hybridized carbons (Fsp3) is 0.176. The Kier molecular flexibility index (Phi) is 4.79. The Hall–Kier alpha value is -2.11. The van der Waals surface area contributed by atoms with Crippen molar-refractivity contribution in [2.24, 2.45) is 0 Å². The van der Waals surface area contributed by atoms with Gasteiger partial charge in [0.25, 0.3) is 5.91 Å². The Morgan fingerprint density at radius 2 is 2.04 bits per heavy atom. The zero-order valence-electron chi connectivity index (χ0n) is 12.5. The molecule has 0 fully saturated rings. The number of hydrogen-bond donors (Lipinski definition) is 1. The minimum Gasteiger partial charge on any atom is -0.484 e. The molecular weight excluding hydrogens is 332 g/mol. The number of amides is 1. The summed E-state index contributed by atoms with van der Waals surface area (Å²) in [6.45, 7) is 2.03. The van der Waals surface area contributed by atoms with Crippen LogP contribution in [0.5, 0.6) is 5.75 Å². The Balaban J connectivity index is 1.60. The molecule has 3 rings (SSSR count). The van der Waals surface area contributed by atoms with E-state index in [2.05, 4.69) is 17.2 Å². The van der Waals surface area contributed by atoms with Crippen LogP contribution in [-0.2, 0) is 11.2 Å². The Bertz CT molecular complexity index is 830. The maximum Gasteiger partial charge on any atom is 0.264 e. The lowest BCUT2D eigenvalue weighted by Crippen LogP contribution is -2.19. The fourth-order valence-corrected chi connectivity index (χ4v) is 3.28. The minimum absolute atomic E-state index is 0.0604. The van der Waals surface area contributed by atoms with E-state index in [0.717, 1.165) is 11.1 Å². The molecule has 118 valence electrons. The maximum atomic E-state index is 12.0. The second-order valence-electron chi connectivity index (χ2n) is 4.94. The summed E-state index contributed by atoms with van der Waals surface area (Å²) in [5.41, 5.74) is 1.93. The zero-order valence-corrected chi connectivity index (χ0v) is 14.1. The van der Waals surface area contributed by atoms with E-state index in [-0.39, 0.29) is 12.5 Å². The van der Waals surface area contributed by atoms with E-state index in [1.165, 1.54) is 16.9 Å². The molecular formula is C17H15ClN2O2S. The van der Waals surface area contributed by atoms with Crippen LogP contribution in [0.2, 0.25) is 5.02 Å². The van der Waals surface area contributed by atoms with Crippen molar-refractivity contribution in [2.45, 2.75) is 13.3 Å². The summed E-state index contributed by atoms with van der Waals surface area (Å²) in [7, 11) is 0. The van der Waals surface area contributed by atoms with Crippen molar-refractivity contribution in [2.75, 3.05) is 11.9 Å². The number of nitrogens with one attached hydrogen (secondary N) is 1. The molecule has 1 heterocycles. The SMILES string of the molecule is CCc1ccc(OCC(=O)Nc2nc3c(Cl)cccc3s2)cc1. The van der Waals surface area contributed by atoms with E-state index >= 15 is 0 Å². The summed E-state index contributed by atoms with van der Waals surface area (Å²) in [5.74, 6) is 0.421. The molecule has 0 aliphatic carbocycles. The fourth-order valence-electron chi connectivity index (χ4n) is 2.09. The second-order valence-corrected chi connectivity index (χ2v) is 6.38. The maximum absolute atomic E-state index is 12.0. The first-order valence-electron chi connectivity index (χ1n) is 7.22. The van der Waals surface area contributed by atoms with Gasteiger partial charge in [0.15, 0.2) is 11.7 Å². The highest BCUT2D eigenvalue weighted by atomic mass is 35.5. The molecule has 4 nitrogen and oxygen atoms in total. The van der Waals surface area contributed by atoms with Crippen LogP contribution >= 0.6 is 22.9 Å². The van der Waals surface area contributed by atoms with Crippen LogP contribution in [-0.4, -0.2) is 17.5 Å². The van der Waals surface area contributed by atoms with Gasteiger partial charge in [0.2, 0.25) is 0 Å². The molecule has 1 amide bonds. The van der Waals surface area contributed by atoms with Gasteiger partial charge in [-0.2, -0.15) is 0 Å². The number of ether oxygens (including phenoxy) is 1. The molecule has 1 N–H and O–H groups in total. The molecule has 0 aliphatic heterocycles. The van der Waals surface area contributed by atoms with Crippen LogP contribution in [0, 0.1) is 0 Å². The number of benzene rings is 2. The minimum atomic E-state index is -0.250. The first-order valence-corrected chi connectivity index (χ1v) is 8.42. The van der Waals surface area contributed by atoms with Crippen LogP contribution in [0.4, 0.5) is 5.13 Å². The number of aromatic nitrogens is 1. The summed E-state index contributed by atoms with van der Waals surface area (Å²) < 4.78 is 6.41. The highest BCUT2D eigenvalue weighted by molar-refractivity contribution is 7.22. The number of fused-ring (bicyclic) bond motifs is 1. The Labute approximate surface area is 143 Å². The molecule has 0 radical (unpaired) electrons. The predicted octanol–water partition coefficient (Wildman–Crippen LogP) is 4.53. The van der Waals surface area contributed by atoms with Crippen molar-refractivity contribution >= 4 is 44.2 Å². The summed E-state index contributed by atoms with van der Waals surface area (Å²) in [6, 6.07) is 13.3. The average Bonchev–Trinajstić information content (AvgIpc) is 2.97. The molecule has 1 aromatic heterocycles. The van der Waals surface area contributed by atoms with E-state index < -0.39 is 0 Å². The molecule has 23 heavy (non-hydrogen) atoms. The summed E-state index contributed by atoms with van der Waals surface area (Å²) in [4.78, 5) is 16.3. The zero-order chi connectivity index (χ0) is 16.2. The van der Waals surface area contributed by atoms with Crippen LogP contribution in [0.1, 0.15) is 12.5 Å². The number of rotatable bonds is 5. The van der Waals surface area contributed by atoms with Crippen LogP contribution in [0.15, 0.2) is 42.5 Å². The topological polar surface area (TPSA) is 51.2 Å². The number of aryl methyl sites for hydroxylation is 1. The Morgan fingerprint density at radius 1 is 1.26 bits per heavy atom. The van der Waals surface area contributed by atoms with Gasteiger partial charge in [-0.05, 0) is 36.2 Å². The third-order valence-corrected chi connectivity index (χ3v) is 4.56. The number of anilines is 1. The van der Waals surface area contributed by atoms with Crippen molar-refractivity contribution in [1.29, 1.82) is 0 Å². The first kappa shape index (κ1) is 15.8. The van der Waals surface area contributed by atoms with Crippen molar-refractivity contribution in [3.05, 3.63) is 53.1 Å². The third kappa shape index (κ3) is 3.81. The van der Waals surface area contributed by atoms with E-state index in [0.29, 0.717) is 21.4 Å². The van der Waals surface area contributed by atoms with Crippen molar-refractivity contribution in [3.8, 4) is 5.75 Å². The smallest absolute Gasteiger partial charge is 0.264 e. The monoisotopic (exact) mass is 346 g/mol. The molecule has 2 aromatic carbocycles. The van der Waals surface area contributed by atoms with Crippen LogP contribution in [0.25, 0.3) is 10.2 Å². The number of carbonyl (C=O) groups is 1. The van der Waals surface area contributed by atoms with E-state index in [1.807, 2.05) is 36.4 Å². The number of thiazole rings is 1. The van der Waals surface area contributed by atoms with Gasteiger partial charge in [-0.25, -0.2) is 4.98 Å². The third-order valence-electron chi connectivity index (χ3n) is 3.32. The molecule has 0 unspecified atom stereocenters. The molecule has 0 saturated carbocycles. The Morgan fingerprint density at radius 3 is 2.74 bits per heavy atom. The van der Waals surface area contributed by atoms with Crippen molar-refractivity contribution < 1.29 is 9.53 Å². The lowest BCUT2D eigenvalue weighted by Gasteiger charge is -2.06. The van der Waals surface area contributed by atoms with Gasteiger partial charge in [-0.3, -0.25) is 10.1 Å². The molecule has 0 bridgehead atoms.